The largest absolute Gasteiger partial charge is 0.396 e. The summed E-state index contributed by atoms with van der Waals surface area (Å²) in [5.41, 5.74) is 1.26. The van der Waals surface area contributed by atoms with Crippen molar-refractivity contribution in [3.63, 3.8) is 0 Å². The average molecular weight is 275 g/mol. The minimum absolute atomic E-state index is 0.0493. The van der Waals surface area contributed by atoms with Gasteiger partial charge in [0.1, 0.15) is 5.15 Å². The van der Waals surface area contributed by atoms with Gasteiger partial charge in [0.15, 0.2) is 0 Å². The van der Waals surface area contributed by atoms with E-state index in [-0.39, 0.29) is 13.2 Å². The highest BCUT2D eigenvalue weighted by atomic mass is 35.5. The summed E-state index contributed by atoms with van der Waals surface area (Å²) in [5, 5.41) is 24.1. The van der Waals surface area contributed by atoms with Gasteiger partial charge in [0.2, 0.25) is 0 Å². The normalized spacial score (nSPS) is 12.4. The summed E-state index contributed by atoms with van der Waals surface area (Å²) in [6.07, 6.45) is 1.31. The van der Waals surface area contributed by atoms with Gasteiger partial charge in [-0.2, -0.15) is 5.10 Å². The molecule has 1 heterocycles. The fourth-order valence-electron chi connectivity index (χ4n) is 2.48. The highest BCUT2D eigenvalue weighted by molar-refractivity contribution is 6.30. The molecule has 2 N–H and O–H groups in total. The topological polar surface area (TPSA) is 58.3 Å². The predicted molar refractivity (Wildman–Crippen MR) is 72.7 cm³/mol. The summed E-state index contributed by atoms with van der Waals surface area (Å²) in [6.45, 7) is 5.96. The van der Waals surface area contributed by atoms with Crippen LogP contribution in [0.15, 0.2) is 0 Å². The minimum Gasteiger partial charge on any atom is -0.396 e. The van der Waals surface area contributed by atoms with Gasteiger partial charge in [-0.05, 0) is 25.7 Å². The van der Waals surface area contributed by atoms with E-state index in [1.54, 1.807) is 11.7 Å². The highest BCUT2D eigenvalue weighted by Gasteiger charge is 2.32. The fourth-order valence-corrected chi connectivity index (χ4v) is 2.72. The van der Waals surface area contributed by atoms with Gasteiger partial charge in [0.05, 0.1) is 18.9 Å². The second-order valence-electron chi connectivity index (χ2n) is 5.57. The zero-order valence-corrected chi connectivity index (χ0v) is 12.3. The number of aliphatic hydroxyl groups excluding tert-OH is 2. The molecule has 4 nitrogen and oxygen atoms in total. The first-order valence-electron chi connectivity index (χ1n) is 6.25. The summed E-state index contributed by atoms with van der Waals surface area (Å²) in [6, 6.07) is 0. The molecular formula is C13H23ClN2O2. The molecule has 18 heavy (non-hydrogen) atoms. The van der Waals surface area contributed by atoms with Crippen LogP contribution >= 0.6 is 11.6 Å². The Morgan fingerprint density at radius 2 is 1.89 bits per heavy atom. The maximum absolute atomic E-state index is 9.65. The molecule has 5 heteroatoms. The lowest BCUT2D eigenvalue weighted by molar-refractivity contribution is 0.0369. The number of hydrogen-bond donors (Lipinski definition) is 2. The van der Waals surface area contributed by atoms with Crippen LogP contribution in [0.25, 0.3) is 0 Å². The van der Waals surface area contributed by atoms with Gasteiger partial charge in [0.25, 0.3) is 0 Å². The Morgan fingerprint density at radius 1 is 1.33 bits per heavy atom. The molecule has 0 unspecified atom stereocenters. The molecule has 0 aromatic carbocycles. The molecule has 0 saturated heterocycles. The van der Waals surface area contributed by atoms with Crippen LogP contribution in [0.1, 0.15) is 31.5 Å². The van der Waals surface area contributed by atoms with E-state index in [0.717, 1.165) is 17.7 Å². The van der Waals surface area contributed by atoms with Crippen molar-refractivity contribution in [3.05, 3.63) is 16.4 Å². The number of hydrogen-bond acceptors (Lipinski definition) is 3. The van der Waals surface area contributed by atoms with Crippen LogP contribution in [0.2, 0.25) is 5.15 Å². The van der Waals surface area contributed by atoms with Crippen LogP contribution in [0, 0.1) is 18.3 Å². The lowest BCUT2D eigenvalue weighted by Crippen LogP contribution is -2.34. The predicted octanol–water partition coefficient (Wildman–Crippen LogP) is 1.94. The Bertz CT molecular complexity index is 398. The van der Waals surface area contributed by atoms with Crippen molar-refractivity contribution in [1.29, 1.82) is 0 Å². The minimum atomic E-state index is -0.522. The van der Waals surface area contributed by atoms with Crippen molar-refractivity contribution in [2.45, 2.75) is 33.6 Å². The van der Waals surface area contributed by atoms with E-state index < -0.39 is 5.41 Å². The molecule has 0 amide bonds. The van der Waals surface area contributed by atoms with Gasteiger partial charge < -0.3 is 10.2 Å². The van der Waals surface area contributed by atoms with E-state index in [2.05, 4.69) is 18.9 Å². The van der Waals surface area contributed by atoms with Crippen LogP contribution in [-0.4, -0.2) is 33.2 Å². The zero-order chi connectivity index (χ0) is 13.9. The number of rotatable bonds is 6. The van der Waals surface area contributed by atoms with E-state index in [1.807, 2.05) is 6.92 Å². The Labute approximate surface area is 114 Å². The van der Waals surface area contributed by atoms with Crippen molar-refractivity contribution in [1.82, 2.24) is 9.78 Å². The second kappa shape index (κ2) is 6.04. The molecule has 0 atom stereocenters. The van der Waals surface area contributed by atoms with Gasteiger partial charge >= 0.3 is 0 Å². The third-order valence-corrected chi connectivity index (χ3v) is 3.81. The lowest BCUT2D eigenvalue weighted by atomic mass is 9.76. The molecule has 1 rings (SSSR count). The van der Waals surface area contributed by atoms with Gasteiger partial charge in [-0.25, -0.2) is 0 Å². The van der Waals surface area contributed by atoms with Gasteiger partial charge in [0, 0.05) is 18.0 Å². The van der Waals surface area contributed by atoms with Crippen molar-refractivity contribution >= 4 is 11.6 Å². The summed E-state index contributed by atoms with van der Waals surface area (Å²) >= 11 is 6.21. The molecular weight excluding hydrogens is 252 g/mol. The van der Waals surface area contributed by atoms with Gasteiger partial charge in [-0.15, -0.1) is 0 Å². The zero-order valence-electron chi connectivity index (χ0n) is 11.6. The van der Waals surface area contributed by atoms with Crippen LogP contribution in [0.4, 0.5) is 0 Å². The molecule has 0 aliphatic rings. The summed E-state index contributed by atoms with van der Waals surface area (Å²) in [7, 11) is 1.79. The standard InChI is InChI=1S/C13H23ClN2O2/c1-9(2)5-13(7-17,8-18)6-11-10(3)15-16(4)12(11)14/h9,17-18H,5-8H2,1-4H3. The number of halogens is 1. The first-order valence-corrected chi connectivity index (χ1v) is 6.62. The molecule has 1 aromatic heterocycles. The highest BCUT2D eigenvalue weighted by Crippen LogP contribution is 2.33. The fraction of sp³-hybridized carbons (Fsp3) is 0.769. The summed E-state index contributed by atoms with van der Waals surface area (Å²) in [5.74, 6) is 0.403. The molecule has 0 radical (unpaired) electrons. The quantitative estimate of drug-likeness (QED) is 0.834. The lowest BCUT2D eigenvalue weighted by Gasteiger charge is -2.31. The summed E-state index contributed by atoms with van der Waals surface area (Å²) < 4.78 is 1.63. The van der Waals surface area contributed by atoms with E-state index in [0.29, 0.717) is 17.5 Å². The monoisotopic (exact) mass is 274 g/mol. The first-order chi connectivity index (χ1) is 8.35. The van der Waals surface area contributed by atoms with Crippen LogP contribution in [0.3, 0.4) is 0 Å². The number of nitrogens with zero attached hydrogens (tertiary/aromatic N) is 2. The van der Waals surface area contributed by atoms with E-state index in [9.17, 15) is 10.2 Å². The Kier molecular flexibility index (Phi) is 5.20. The third-order valence-electron chi connectivity index (χ3n) is 3.33. The SMILES string of the molecule is Cc1nn(C)c(Cl)c1CC(CO)(CO)CC(C)C. The molecule has 0 aliphatic carbocycles. The number of aliphatic hydroxyl groups is 2. The third kappa shape index (κ3) is 3.25. The molecule has 0 fully saturated rings. The maximum Gasteiger partial charge on any atom is 0.130 e. The maximum atomic E-state index is 9.65. The number of aryl methyl sites for hydroxylation is 2. The van der Waals surface area contributed by atoms with Crippen molar-refractivity contribution in [3.8, 4) is 0 Å². The first kappa shape index (κ1) is 15.5. The molecule has 0 spiro atoms. The van der Waals surface area contributed by atoms with Crippen molar-refractivity contribution in [2.24, 2.45) is 18.4 Å². The average Bonchev–Trinajstić information content (AvgIpc) is 2.54. The van der Waals surface area contributed by atoms with Gasteiger partial charge in [-0.1, -0.05) is 25.4 Å². The second-order valence-corrected chi connectivity index (χ2v) is 5.93. The van der Waals surface area contributed by atoms with Gasteiger partial charge in [-0.3, -0.25) is 4.68 Å². The van der Waals surface area contributed by atoms with Crippen LogP contribution < -0.4 is 0 Å². The summed E-state index contributed by atoms with van der Waals surface area (Å²) in [4.78, 5) is 0. The van der Waals surface area contributed by atoms with E-state index in [4.69, 9.17) is 11.6 Å². The van der Waals surface area contributed by atoms with E-state index >= 15 is 0 Å². The van der Waals surface area contributed by atoms with Crippen molar-refractivity contribution < 1.29 is 10.2 Å². The smallest absolute Gasteiger partial charge is 0.130 e. The molecule has 0 bridgehead atoms. The molecule has 0 saturated carbocycles. The van der Waals surface area contributed by atoms with Crippen molar-refractivity contribution in [2.75, 3.05) is 13.2 Å². The Balaban J connectivity index is 3.03. The van der Waals surface area contributed by atoms with E-state index in [1.165, 1.54) is 0 Å². The molecule has 1 aromatic rings. The van der Waals surface area contributed by atoms with Crippen LogP contribution in [0.5, 0.6) is 0 Å². The Hall–Kier alpha value is -0.580. The molecule has 0 aliphatic heterocycles. The number of aromatic nitrogens is 2. The van der Waals surface area contributed by atoms with Crippen LogP contribution in [-0.2, 0) is 13.5 Å². The Morgan fingerprint density at radius 3 is 2.22 bits per heavy atom. The molecule has 104 valence electrons.